The van der Waals surface area contributed by atoms with Crippen molar-refractivity contribution < 1.29 is 0 Å². The molecule has 4 nitrogen and oxygen atoms in total. The summed E-state index contributed by atoms with van der Waals surface area (Å²) in [6, 6.07) is 16.1. The maximum Gasteiger partial charge on any atom is 0.194 e. The van der Waals surface area contributed by atoms with Gasteiger partial charge >= 0.3 is 0 Å². The molecule has 0 amide bonds. The minimum Gasteiger partial charge on any atom is -0.370 e. The molecular weight excluding hydrogens is 407 g/mol. The van der Waals surface area contributed by atoms with Crippen LogP contribution in [0, 0.1) is 0 Å². The van der Waals surface area contributed by atoms with Gasteiger partial charge in [0.05, 0.1) is 6.54 Å². The first-order valence-corrected chi connectivity index (χ1v) is 7.80. The third kappa shape index (κ3) is 4.88. The second-order valence-electron chi connectivity index (χ2n) is 5.14. The van der Waals surface area contributed by atoms with E-state index in [1.165, 1.54) is 17.7 Å². The summed E-state index contributed by atoms with van der Waals surface area (Å²) in [5.74, 6) is 1.15. The Balaban J connectivity index is 0.00000176. The van der Waals surface area contributed by atoms with Crippen LogP contribution in [0.15, 0.2) is 64.6 Å². The summed E-state index contributed by atoms with van der Waals surface area (Å²) in [6.45, 7) is 0.734. The van der Waals surface area contributed by atoms with Gasteiger partial charge in [-0.25, -0.2) is 4.98 Å². The molecule has 1 aromatic carbocycles. The van der Waals surface area contributed by atoms with Gasteiger partial charge in [-0.05, 0) is 37.1 Å². The topological polar surface area (TPSA) is 63.3 Å². The van der Waals surface area contributed by atoms with E-state index in [0.717, 1.165) is 12.4 Å². The van der Waals surface area contributed by atoms with Gasteiger partial charge in [-0.3, -0.25) is 4.99 Å². The first-order chi connectivity index (χ1) is 10.3. The van der Waals surface area contributed by atoms with Crippen LogP contribution in [0.2, 0.25) is 0 Å². The third-order valence-corrected chi connectivity index (χ3v) is 4.82. The van der Waals surface area contributed by atoms with Crippen molar-refractivity contribution in [3.05, 3.63) is 54.7 Å². The predicted molar refractivity (Wildman–Crippen MR) is 104 cm³/mol. The molecule has 2 aromatic rings. The average molecular weight is 426 g/mol. The standard InChI is InChI=1S/C16H18N4S.HI/c17-15(20-14-8-4-5-11-18-14)19-12-16(9-10-16)21-13-6-2-1-3-7-13;/h1-8,11H,9-10,12H2,(H3,17,18,19,20);1H. The lowest BCUT2D eigenvalue weighted by Crippen LogP contribution is -2.25. The Hall–Kier alpha value is -1.28. The number of nitrogens with two attached hydrogens (primary N) is 1. The Bertz CT molecular complexity index is 615. The zero-order valence-electron chi connectivity index (χ0n) is 12.1. The van der Waals surface area contributed by atoms with E-state index in [2.05, 4.69) is 39.6 Å². The average Bonchev–Trinajstić information content (AvgIpc) is 3.27. The third-order valence-electron chi connectivity index (χ3n) is 3.34. The zero-order valence-corrected chi connectivity index (χ0v) is 15.3. The van der Waals surface area contributed by atoms with Crippen molar-refractivity contribution in [3.8, 4) is 0 Å². The van der Waals surface area contributed by atoms with Gasteiger partial charge in [-0.2, -0.15) is 0 Å². The Morgan fingerprint density at radius 3 is 2.55 bits per heavy atom. The summed E-state index contributed by atoms with van der Waals surface area (Å²) < 4.78 is 0.220. The van der Waals surface area contributed by atoms with Gasteiger partial charge in [0.15, 0.2) is 5.96 Å². The van der Waals surface area contributed by atoms with E-state index in [9.17, 15) is 0 Å². The highest BCUT2D eigenvalue weighted by Gasteiger charge is 2.43. The van der Waals surface area contributed by atoms with Gasteiger partial charge < -0.3 is 11.1 Å². The molecule has 0 aliphatic heterocycles. The van der Waals surface area contributed by atoms with E-state index < -0.39 is 0 Å². The van der Waals surface area contributed by atoms with Crippen molar-refractivity contribution in [1.82, 2.24) is 4.98 Å². The highest BCUT2D eigenvalue weighted by atomic mass is 127. The molecule has 1 aliphatic rings. The van der Waals surface area contributed by atoms with Crippen molar-refractivity contribution in [3.63, 3.8) is 0 Å². The lowest BCUT2D eigenvalue weighted by atomic mass is 10.4. The number of anilines is 1. The van der Waals surface area contributed by atoms with Gasteiger partial charge in [-0.15, -0.1) is 35.7 Å². The smallest absolute Gasteiger partial charge is 0.194 e. The zero-order chi connectivity index (χ0) is 14.5. The van der Waals surface area contributed by atoms with E-state index in [-0.39, 0.29) is 28.7 Å². The number of pyridine rings is 1. The molecule has 1 aromatic heterocycles. The largest absolute Gasteiger partial charge is 0.370 e. The van der Waals surface area contributed by atoms with Crippen molar-refractivity contribution in [2.75, 3.05) is 11.9 Å². The molecule has 3 N–H and O–H groups in total. The number of aromatic nitrogens is 1. The Labute approximate surface area is 152 Å². The molecule has 0 bridgehead atoms. The predicted octanol–water partition coefficient (Wildman–Crippen LogP) is 3.75. The summed E-state index contributed by atoms with van der Waals surface area (Å²) >= 11 is 1.90. The maximum absolute atomic E-state index is 5.92. The minimum atomic E-state index is 0. The molecule has 1 saturated carbocycles. The van der Waals surface area contributed by atoms with Crippen LogP contribution in [0.3, 0.4) is 0 Å². The minimum absolute atomic E-state index is 0. The van der Waals surface area contributed by atoms with Gasteiger partial charge in [-0.1, -0.05) is 24.3 Å². The molecule has 0 radical (unpaired) electrons. The van der Waals surface area contributed by atoms with E-state index in [1.807, 2.05) is 36.0 Å². The van der Waals surface area contributed by atoms with Crippen molar-refractivity contribution in [2.45, 2.75) is 22.5 Å². The molecule has 6 heteroatoms. The molecule has 0 unspecified atom stereocenters. The number of thioether (sulfide) groups is 1. The van der Waals surface area contributed by atoms with Crippen LogP contribution in [0.5, 0.6) is 0 Å². The summed E-state index contributed by atoms with van der Waals surface area (Å²) in [7, 11) is 0. The Kier molecular flexibility index (Phi) is 6.07. The first kappa shape index (κ1) is 17.1. The number of nitrogens with zero attached hydrogens (tertiary/aromatic N) is 2. The van der Waals surface area contributed by atoms with E-state index in [1.54, 1.807) is 6.20 Å². The fourth-order valence-corrected chi connectivity index (χ4v) is 3.24. The second-order valence-corrected chi connectivity index (χ2v) is 6.68. The fourth-order valence-electron chi connectivity index (χ4n) is 2.01. The van der Waals surface area contributed by atoms with Crippen molar-refractivity contribution in [2.24, 2.45) is 10.7 Å². The number of hydrogen-bond donors (Lipinski definition) is 2. The molecule has 0 spiro atoms. The van der Waals surface area contributed by atoms with Gasteiger partial charge in [0.1, 0.15) is 5.82 Å². The number of hydrogen-bond acceptors (Lipinski definition) is 3. The lowest BCUT2D eigenvalue weighted by molar-refractivity contribution is 0.897. The monoisotopic (exact) mass is 426 g/mol. The molecule has 1 aliphatic carbocycles. The van der Waals surface area contributed by atoms with Crippen LogP contribution in [0.4, 0.5) is 5.82 Å². The Morgan fingerprint density at radius 2 is 1.91 bits per heavy atom. The van der Waals surface area contributed by atoms with E-state index in [4.69, 9.17) is 5.73 Å². The molecule has 116 valence electrons. The molecule has 22 heavy (non-hydrogen) atoms. The second kappa shape index (κ2) is 7.82. The summed E-state index contributed by atoms with van der Waals surface area (Å²) in [5, 5.41) is 3.01. The molecule has 0 saturated heterocycles. The van der Waals surface area contributed by atoms with Crippen LogP contribution >= 0.6 is 35.7 Å². The van der Waals surface area contributed by atoms with Crippen molar-refractivity contribution >= 4 is 47.5 Å². The summed E-state index contributed by atoms with van der Waals surface area (Å²) in [6.07, 6.45) is 4.10. The first-order valence-electron chi connectivity index (χ1n) is 6.98. The van der Waals surface area contributed by atoms with Crippen LogP contribution in [0.1, 0.15) is 12.8 Å². The van der Waals surface area contributed by atoms with Crippen LogP contribution in [0.25, 0.3) is 0 Å². The van der Waals surface area contributed by atoms with Crippen LogP contribution in [-0.2, 0) is 0 Å². The quantitative estimate of drug-likeness (QED) is 0.434. The molecule has 1 heterocycles. The number of aliphatic imine (C=N–C) groups is 1. The normalized spacial score (nSPS) is 15.7. The van der Waals surface area contributed by atoms with E-state index >= 15 is 0 Å². The van der Waals surface area contributed by atoms with Crippen LogP contribution < -0.4 is 11.1 Å². The molecular formula is C16H19IN4S. The summed E-state index contributed by atoms with van der Waals surface area (Å²) in [4.78, 5) is 9.93. The lowest BCUT2D eigenvalue weighted by Gasteiger charge is -2.12. The van der Waals surface area contributed by atoms with Gasteiger partial charge in [0.2, 0.25) is 0 Å². The molecule has 0 atom stereocenters. The maximum atomic E-state index is 5.92. The number of nitrogens with one attached hydrogen (secondary N) is 1. The SMILES string of the molecule is I.NC(=NCC1(Sc2ccccc2)CC1)Nc1ccccn1. The van der Waals surface area contributed by atoms with Crippen LogP contribution in [-0.4, -0.2) is 22.2 Å². The highest BCUT2D eigenvalue weighted by Crippen LogP contribution is 2.51. The number of benzene rings is 1. The van der Waals surface area contributed by atoms with Gasteiger partial charge in [0, 0.05) is 15.8 Å². The number of guanidine groups is 1. The fraction of sp³-hybridized carbons (Fsp3) is 0.250. The van der Waals surface area contributed by atoms with Crippen molar-refractivity contribution in [1.29, 1.82) is 0 Å². The molecule has 3 rings (SSSR count). The van der Waals surface area contributed by atoms with E-state index in [0.29, 0.717) is 5.96 Å². The summed E-state index contributed by atoms with van der Waals surface area (Å²) in [5.41, 5.74) is 5.92. The van der Waals surface area contributed by atoms with Gasteiger partial charge in [0.25, 0.3) is 0 Å². The Morgan fingerprint density at radius 1 is 1.18 bits per heavy atom. The molecule has 1 fully saturated rings. The highest BCUT2D eigenvalue weighted by molar-refractivity contribution is 14.0. The number of rotatable bonds is 5. The number of halogens is 1.